The summed E-state index contributed by atoms with van der Waals surface area (Å²) in [6.07, 6.45) is 4.72. The van der Waals surface area contributed by atoms with Gasteiger partial charge in [-0.05, 0) is 19.3 Å². The molecule has 2 unspecified atom stereocenters. The zero-order valence-electron chi connectivity index (χ0n) is 12.7. The molecule has 0 aliphatic carbocycles. The number of carbonyl (C=O) groups is 1. The van der Waals surface area contributed by atoms with Crippen LogP contribution in [0.3, 0.4) is 0 Å². The van der Waals surface area contributed by atoms with Crippen molar-refractivity contribution < 1.29 is 9.53 Å². The van der Waals surface area contributed by atoms with Gasteiger partial charge in [-0.3, -0.25) is 9.69 Å². The van der Waals surface area contributed by atoms with Gasteiger partial charge >= 0.3 is 0 Å². The molecule has 0 aromatic rings. The maximum Gasteiger partial charge on any atom is 0.227 e. The van der Waals surface area contributed by atoms with Crippen molar-refractivity contribution in [3.05, 3.63) is 0 Å². The number of hydrogen-bond acceptors (Lipinski definition) is 4. The predicted molar refractivity (Wildman–Crippen MR) is 79.4 cm³/mol. The van der Waals surface area contributed by atoms with Gasteiger partial charge in [0.15, 0.2) is 0 Å². The Morgan fingerprint density at radius 2 is 2.10 bits per heavy atom. The smallest absolute Gasteiger partial charge is 0.227 e. The van der Waals surface area contributed by atoms with E-state index >= 15 is 0 Å². The van der Waals surface area contributed by atoms with Crippen molar-refractivity contribution in [3.63, 3.8) is 0 Å². The minimum absolute atomic E-state index is 0.0183. The molecule has 1 amide bonds. The summed E-state index contributed by atoms with van der Waals surface area (Å²) in [6.45, 7) is 8.13. The van der Waals surface area contributed by atoms with E-state index in [-0.39, 0.29) is 11.8 Å². The van der Waals surface area contributed by atoms with E-state index in [4.69, 9.17) is 10.5 Å². The molecule has 5 nitrogen and oxygen atoms in total. The minimum Gasteiger partial charge on any atom is -0.377 e. The van der Waals surface area contributed by atoms with Crippen LogP contribution in [-0.4, -0.2) is 67.7 Å². The summed E-state index contributed by atoms with van der Waals surface area (Å²) in [6, 6.07) is 0. The second kappa shape index (κ2) is 7.96. The molecule has 0 bridgehead atoms. The Hall–Kier alpha value is -0.650. The van der Waals surface area contributed by atoms with Crippen molar-refractivity contribution in [3.8, 4) is 0 Å². The zero-order valence-corrected chi connectivity index (χ0v) is 12.7. The zero-order chi connectivity index (χ0) is 14.4. The van der Waals surface area contributed by atoms with Gasteiger partial charge in [0.05, 0.1) is 12.0 Å². The lowest BCUT2D eigenvalue weighted by atomic mass is 10.0. The second-order valence-corrected chi connectivity index (χ2v) is 5.98. The third kappa shape index (κ3) is 4.17. The summed E-state index contributed by atoms with van der Waals surface area (Å²) in [5, 5.41) is 0. The van der Waals surface area contributed by atoms with Gasteiger partial charge in [0.1, 0.15) is 0 Å². The van der Waals surface area contributed by atoms with E-state index in [9.17, 15) is 4.79 Å². The molecule has 2 N–H and O–H groups in total. The van der Waals surface area contributed by atoms with Crippen LogP contribution in [0.5, 0.6) is 0 Å². The maximum absolute atomic E-state index is 12.4. The lowest BCUT2D eigenvalue weighted by molar-refractivity contribution is -0.137. The highest BCUT2D eigenvalue weighted by molar-refractivity contribution is 5.79. The van der Waals surface area contributed by atoms with Crippen LogP contribution in [0.2, 0.25) is 0 Å². The first-order valence-electron chi connectivity index (χ1n) is 8.07. The summed E-state index contributed by atoms with van der Waals surface area (Å²) >= 11 is 0. The largest absolute Gasteiger partial charge is 0.377 e. The molecule has 0 aromatic carbocycles. The number of carbonyl (C=O) groups excluding carboxylic acids is 1. The Morgan fingerprint density at radius 3 is 2.65 bits per heavy atom. The first kappa shape index (κ1) is 15.7. The third-order valence-electron chi connectivity index (χ3n) is 4.44. The predicted octanol–water partition coefficient (Wildman–Crippen LogP) is 0.685. The summed E-state index contributed by atoms with van der Waals surface area (Å²) in [5.41, 5.74) is 5.73. The van der Waals surface area contributed by atoms with E-state index in [1.807, 2.05) is 4.90 Å². The lowest BCUT2D eigenvalue weighted by Crippen LogP contribution is -2.52. The van der Waals surface area contributed by atoms with E-state index in [1.54, 1.807) is 0 Å². The lowest BCUT2D eigenvalue weighted by Gasteiger charge is -2.37. The first-order valence-corrected chi connectivity index (χ1v) is 8.07. The van der Waals surface area contributed by atoms with Crippen molar-refractivity contribution >= 4 is 5.91 Å². The number of nitrogens with two attached hydrogens (primary N) is 1. The molecule has 2 fully saturated rings. The topological polar surface area (TPSA) is 58.8 Å². The fraction of sp³-hybridized carbons (Fsp3) is 0.933. The average Bonchev–Trinajstić information content (AvgIpc) is 2.98. The molecule has 20 heavy (non-hydrogen) atoms. The summed E-state index contributed by atoms with van der Waals surface area (Å²) in [5.74, 6) is 0.274. The number of nitrogens with zero attached hydrogens (tertiary/aromatic N) is 2. The molecule has 0 aromatic heterocycles. The van der Waals surface area contributed by atoms with E-state index in [0.717, 1.165) is 52.2 Å². The molecule has 116 valence electrons. The summed E-state index contributed by atoms with van der Waals surface area (Å²) < 4.78 is 5.68. The quantitative estimate of drug-likeness (QED) is 0.779. The fourth-order valence-electron chi connectivity index (χ4n) is 3.18. The first-order chi connectivity index (χ1) is 9.74. The van der Waals surface area contributed by atoms with Crippen LogP contribution in [0, 0.1) is 5.92 Å². The SMILES string of the molecule is CCCC(CN)C(=O)N1CCN(CC2CCCO2)CC1. The highest BCUT2D eigenvalue weighted by atomic mass is 16.5. The van der Waals surface area contributed by atoms with Crippen LogP contribution in [0.1, 0.15) is 32.6 Å². The molecule has 2 aliphatic heterocycles. The van der Waals surface area contributed by atoms with Crippen LogP contribution in [-0.2, 0) is 9.53 Å². The molecule has 0 spiro atoms. The molecule has 2 aliphatic rings. The average molecular weight is 283 g/mol. The van der Waals surface area contributed by atoms with Crippen LogP contribution >= 0.6 is 0 Å². The van der Waals surface area contributed by atoms with E-state index in [2.05, 4.69) is 11.8 Å². The third-order valence-corrected chi connectivity index (χ3v) is 4.44. The molecule has 5 heteroatoms. The van der Waals surface area contributed by atoms with Crippen molar-refractivity contribution in [2.75, 3.05) is 45.9 Å². The number of hydrogen-bond donors (Lipinski definition) is 1. The van der Waals surface area contributed by atoms with Crippen LogP contribution < -0.4 is 5.73 Å². The van der Waals surface area contributed by atoms with Crippen molar-refractivity contribution in [1.82, 2.24) is 9.80 Å². The van der Waals surface area contributed by atoms with E-state index < -0.39 is 0 Å². The van der Waals surface area contributed by atoms with Gasteiger partial charge in [-0.2, -0.15) is 0 Å². The van der Waals surface area contributed by atoms with Gasteiger partial charge < -0.3 is 15.4 Å². The molecular formula is C15H29N3O2. The summed E-state index contributed by atoms with van der Waals surface area (Å²) in [4.78, 5) is 16.8. The van der Waals surface area contributed by atoms with Crippen molar-refractivity contribution in [1.29, 1.82) is 0 Å². The standard InChI is InChI=1S/C15H29N3O2/c1-2-4-13(11-16)15(19)18-8-6-17(7-9-18)12-14-5-3-10-20-14/h13-14H,2-12,16H2,1H3. The Morgan fingerprint density at radius 1 is 1.35 bits per heavy atom. The van der Waals surface area contributed by atoms with Crippen molar-refractivity contribution in [2.45, 2.75) is 38.7 Å². The fourth-order valence-corrected chi connectivity index (χ4v) is 3.18. The molecule has 2 atom stereocenters. The monoisotopic (exact) mass is 283 g/mol. The number of amides is 1. The van der Waals surface area contributed by atoms with Gasteiger partial charge in [-0.1, -0.05) is 13.3 Å². The Balaban J connectivity index is 1.73. The highest BCUT2D eigenvalue weighted by Crippen LogP contribution is 2.16. The normalized spacial score (nSPS) is 25.9. The number of rotatable bonds is 6. The van der Waals surface area contributed by atoms with Gasteiger partial charge in [-0.25, -0.2) is 0 Å². The Bertz CT molecular complexity index is 297. The van der Waals surface area contributed by atoms with Gasteiger partial charge in [0, 0.05) is 45.9 Å². The minimum atomic E-state index is 0.0183. The maximum atomic E-state index is 12.4. The molecule has 2 rings (SSSR count). The van der Waals surface area contributed by atoms with Crippen LogP contribution in [0.4, 0.5) is 0 Å². The second-order valence-electron chi connectivity index (χ2n) is 5.98. The van der Waals surface area contributed by atoms with Gasteiger partial charge in [0.2, 0.25) is 5.91 Å². The van der Waals surface area contributed by atoms with Crippen LogP contribution in [0.15, 0.2) is 0 Å². The molecule has 2 heterocycles. The summed E-state index contributed by atoms with van der Waals surface area (Å²) in [7, 11) is 0. The molecular weight excluding hydrogens is 254 g/mol. The van der Waals surface area contributed by atoms with Gasteiger partial charge in [0.25, 0.3) is 0 Å². The van der Waals surface area contributed by atoms with Crippen molar-refractivity contribution in [2.24, 2.45) is 11.7 Å². The molecule has 0 saturated carbocycles. The van der Waals surface area contributed by atoms with Gasteiger partial charge in [-0.15, -0.1) is 0 Å². The number of piperazine rings is 1. The van der Waals surface area contributed by atoms with E-state index in [1.165, 1.54) is 12.8 Å². The highest BCUT2D eigenvalue weighted by Gasteiger charge is 2.27. The van der Waals surface area contributed by atoms with Crippen LogP contribution in [0.25, 0.3) is 0 Å². The number of ether oxygens (including phenoxy) is 1. The molecule has 2 saturated heterocycles. The molecule has 0 radical (unpaired) electrons. The Labute approximate surface area is 122 Å². The van der Waals surface area contributed by atoms with E-state index in [0.29, 0.717) is 12.6 Å². The Kier molecular flexibility index (Phi) is 6.26.